The number of pyridine rings is 1. The van der Waals surface area contributed by atoms with Crippen LogP contribution in [0.1, 0.15) is 13.3 Å². The largest absolute Gasteiger partial charge is 0.476 e. The molecule has 0 atom stereocenters. The van der Waals surface area contributed by atoms with Gasteiger partial charge in [0.15, 0.2) is 0 Å². The second-order valence-electron chi connectivity index (χ2n) is 2.38. The summed E-state index contributed by atoms with van der Waals surface area (Å²) in [6.07, 6.45) is 0.924. The Morgan fingerprint density at radius 1 is 1.58 bits per heavy atom. The van der Waals surface area contributed by atoms with E-state index in [1.54, 1.807) is 12.1 Å². The Kier molecular flexibility index (Phi) is 3.17. The molecule has 0 radical (unpaired) electrons. The average Bonchev–Trinajstić information content (AvgIpc) is 2.07. The van der Waals surface area contributed by atoms with Crippen LogP contribution in [0.2, 0.25) is 5.15 Å². The predicted octanol–water partition coefficient (Wildman–Crippen LogP) is 2.11. The molecule has 0 aliphatic heterocycles. The van der Waals surface area contributed by atoms with E-state index in [1.165, 1.54) is 0 Å². The first-order valence-corrected chi connectivity index (χ1v) is 4.16. The lowest BCUT2D eigenvalue weighted by atomic mass is 10.4. The SMILES string of the molecule is CCCOc1nc(Cl)ccc1N. The maximum atomic E-state index is 5.65. The molecule has 1 rings (SSSR count). The van der Waals surface area contributed by atoms with Gasteiger partial charge in [-0.25, -0.2) is 0 Å². The van der Waals surface area contributed by atoms with E-state index in [-0.39, 0.29) is 0 Å². The zero-order valence-corrected chi connectivity index (χ0v) is 7.64. The van der Waals surface area contributed by atoms with Crippen molar-refractivity contribution < 1.29 is 4.74 Å². The van der Waals surface area contributed by atoms with Crippen LogP contribution < -0.4 is 10.5 Å². The minimum Gasteiger partial charge on any atom is -0.476 e. The van der Waals surface area contributed by atoms with Gasteiger partial charge in [-0.15, -0.1) is 0 Å². The number of halogens is 1. The third-order valence-corrected chi connectivity index (χ3v) is 1.51. The second-order valence-corrected chi connectivity index (χ2v) is 2.76. The molecule has 0 unspecified atom stereocenters. The number of hydrogen-bond acceptors (Lipinski definition) is 3. The molecule has 0 aliphatic carbocycles. The summed E-state index contributed by atoms with van der Waals surface area (Å²) >= 11 is 5.65. The van der Waals surface area contributed by atoms with E-state index in [9.17, 15) is 0 Å². The summed E-state index contributed by atoms with van der Waals surface area (Å²) in [6, 6.07) is 3.32. The highest BCUT2D eigenvalue weighted by atomic mass is 35.5. The lowest BCUT2D eigenvalue weighted by molar-refractivity contribution is 0.307. The summed E-state index contributed by atoms with van der Waals surface area (Å²) in [5.41, 5.74) is 6.11. The van der Waals surface area contributed by atoms with E-state index in [0.717, 1.165) is 6.42 Å². The van der Waals surface area contributed by atoms with E-state index in [4.69, 9.17) is 22.1 Å². The zero-order valence-electron chi connectivity index (χ0n) is 6.88. The number of ether oxygens (including phenoxy) is 1. The molecule has 12 heavy (non-hydrogen) atoms. The van der Waals surface area contributed by atoms with Crippen molar-refractivity contribution >= 4 is 17.3 Å². The molecule has 66 valence electrons. The highest BCUT2D eigenvalue weighted by molar-refractivity contribution is 6.29. The highest BCUT2D eigenvalue weighted by Gasteiger charge is 2.01. The van der Waals surface area contributed by atoms with Gasteiger partial charge in [-0.2, -0.15) is 4.98 Å². The number of anilines is 1. The van der Waals surface area contributed by atoms with E-state index < -0.39 is 0 Å². The van der Waals surface area contributed by atoms with Crippen molar-refractivity contribution in [2.24, 2.45) is 0 Å². The average molecular weight is 187 g/mol. The maximum absolute atomic E-state index is 5.65. The molecule has 0 bridgehead atoms. The quantitative estimate of drug-likeness (QED) is 0.736. The third kappa shape index (κ3) is 2.27. The molecular weight excluding hydrogens is 176 g/mol. The van der Waals surface area contributed by atoms with E-state index in [1.807, 2.05) is 6.92 Å². The smallest absolute Gasteiger partial charge is 0.238 e. The van der Waals surface area contributed by atoms with Crippen molar-refractivity contribution in [1.29, 1.82) is 0 Å². The van der Waals surface area contributed by atoms with Gasteiger partial charge in [-0.05, 0) is 18.6 Å². The number of nitrogen functional groups attached to an aromatic ring is 1. The van der Waals surface area contributed by atoms with Crippen molar-refractivity contribution in [3.63, 3.8) is 0 Å². The Bertz CT molecular complexity index is 265. The zero-order chi connectivity index (χ0) is 8.97. The van der Waals surface area contributed by atoms with Crippen molar-refractivity contribution in [3.8, 4) is 5.88 Å². The molecule has 0 saturated heterocycles. The van der Waals surface area contributed by atoms with Crippen LogP contribution in [0, 0.1) is 0 Å². The molecule has 1 aromatic rings. The number of hydrogen-bond donors (Lipinski definition) is 1. The molecular formula is C8H11ClN2O. The molecule has 0 saturated carbocycles. The Labute approximate surface area is 76.5 Å². The first-order chi connectivity index (χ1) is 5.74. The first-order valence-electron chi connectivity index (χ1n) is 3.79. The Balaban J connectivity index is 2.75. The van der Waals surface area contributed by atoms with Gasteiger partial charge in [-0.3, -0.25) is 0 Å². The van der Waals surface area contributed by atoms with E-state index in [0.29, 0.717) is 23.3 Å². The van der Waals surface area contributed by atoms with Crippen molar-refractivity contribution in [3.05, 3.63) is 17.3 Å². The van der Waals surface area contributed by atoms with Gasteiger partial charge in [-0.1, -0.05) is 18.5 Å². The number of rotatable bonds is 3. The molecule has 0 aliphatic rings. The normalized spacial score (nSPS) is 9.83. The topological polar surface area (TPSA) is 48.1 Å². The lowest BCUT2D eigenvalue weighted by Crippen LogP contribution is -2.01. The molecule has 2 N–H and O–H groups in total. The Morgan fingerprint density at radius 3 is 3.00 bits per heavy atom. The van der Waals surface area contributed by atoms with Crippen LogP contribution in [0.15, 0.2) is 12.1 Å². The lowest BCUT2D eigenvalue weighted by Gasteiger charge is -2.05. The maximum Gasteiger partial charge on any atom is 0.238 e. The highest BCUT2D eigenvalue weighted by Crippen LogP contribution is 2.20. The van der Waals surface area contributed by atoms with Crippen LogP contribution in [0.4, 0.5) is 5.69 Å². The van der Waals surface area contributed by atoms with Gasteiger partial charge in [0.05, 0.1) is 12.3 Å². The van der Waals surface area contributed by atoms with E-state index in [2.05, 4.69) is 4.98 Å². The van der Waals surface area contributed by atoms with Crippen molar-refractivity contribution in [2.75, 3.05) is 12.3 Å². The summed E-state index contributed by atoms with van der Waals surface area (Å²) in [5, 5.41) is 0.398. The Morgan fingerprint density at radius 2 is 2.33 bits per heavy atom. The van der Waals surface area contributed by atoms with Gasteiger partial charge in [0.2, 0.25) is 5.88 Å². The fraction of sp³-hybridized carbons (Fsp3) is 0.375. The number of nitrogens with two attached hydrogens (primary N) is 1. The molecule has 0 spiro atoms. The summed E-state index contributed by atoms with van der Waals surface area (Å²) < 4.78 is 5.25. The van der Waals surface area contributed by atoms with Crippen LogP contribution in [0.25, 0.3) is 0 Å². The molecule has 3 nitrogen and oxygen atoms in total. The molecule has 1 aromatic heterocycles. The molecule has 1 heterocycles. The fourth-order valence-electron chi connectivity index (χ4n) is 0.743. The number of nitrogens with zero attached hydrogens (tertiary/aromatic N) is 1. The summed E-state index contributed by atoms with van der Waals surface area (Å²) in [6.45, 7) is 2.62. The van der Waals surface area contributed by atoms with Gasteiger partial charge in [0.1, 0.15) is 5.15 Å². The molecule has 0 aromatic carbocycles. The summed E-state index contributed by atoms with van der Waals surface area (Å²) in [5.74, 6) is 0.421. The second kappa shape index (κ2) is 4.16. The molecule has 0 amide bonds. The molecule has 4 heteroatoms. The van der Waals surface area contributed by atoms with Crippen LogP contribution in [0.5, 0.6) is 5.88 Å². The number of aromatic nitrogens is 1. The van der Waals surface area contributed by atoms with Crippen LogP contribution in [0.3, 0.4) is 0 Å². The first kappa shape index (κ1) is 9.13. The third-order valence-electron chi connectivity index (χ3n) is 1.30. The van der Waals surface area contributed by atoms with E-state index >= 15 is 0 Å². The van der Waals surface area contributed by atoms with Crippen molar-refractivity contribution in [1.82, 2.24) is 4.98 Å². The minimum atomic E-state index is 0.398. The van der Waals surface area contributed by atoms with Crippen LogP contribution >= 0.6 is 11.6 Å². The van der Waals surface area contributed by atoms with Gasteiger partial charge in [0.25, 0.3) is 0 Å². The standard InChI is InChI=1S/C8H11ClN2O/c1-2-5-12-8-6(10)3-4-7(9)11-8/h3-4H,2,5,10H2,1H3. The van der Waals surface area contributed by atoms with Gasteiger partial charge in [0, 0.05) is 0 Å². The monoisotopic (exact) mass is 186 g/mol. The minimum absolute atomic E-state index is 0.398. The summed E-state index contributed by atoms with van der Waals surface area (Å²) in [4.78, 5) is 3.93. The Hall–Kier alpha value is -0.960. The van der Waals surface area contributed by atoms with Crippen LogP contribution in [-0.2, 0) is 0 Å². The van der Waals surface area contributed by atoms with Crippen molar-refractivity contribution in [2.45, 2.75) is 13.3 Å². The summed E-state index contributed by atoms with van der Waals surface area (Å²) in [7, 11) is 0. The van der Waals surface area contributed by atoms with Crippen LogP contribution in [-0.4, -0.2) is 11.6 Å². The predicted molar refractivity (Wildman–Crippen MR) is 49.4 cm³/mol. The molecule has 0 fully saturated rings. The van der Waals surface area contributed by atoms with Gasteiger partial charge >= 0.3 is 0 Å². The van der Waals surface area contributed by atoms with Gasteiger partial charge < -0.3 is 10.5 Å². The fourth-order valence-corrected chi connectivity index (χ4v) is 0.883.